The Morgan fingerprint density at radius 3 is 2.38 bits per heavy atom. The molecule has 4 rings (SSSR count). The Morgan fingerprint density at radius 1 is 1.06 bits per heavy atom. The average molecular weight is 488 g/mol. The van der Waals surface area contributed by atoms with Crippen molar-refractivity contribution >= 4 is 39.9 Å². The van der Waals surface area contributed by atoms with Crippen molar-refractivity contribution in [3.05, 3.63) is 63.0 Å². The monoisotopic (exact) mass is 488 g/mol. The number of rotatable bonds is 5. The van der Waals surface area contributed by atoms with Crippen LogP contribution in [0.25, 0.3) is 22.4 Å². The van der Waals surface area contributed by atoms with Crippen LogP contribution >= 0.6 is 11.3 Å². The normalized spacial score (nSPS) is 11.6. The van der Waals surface area contributed by atoms with E-state index in [4.69, 9.17) is 4.52 Å². The molecule has 4 aromatic rings. The molecule has 0 aliphatic rings. The van der Waals surface area contributed by atoms with Gasteiger partial charge in [-0.15, -0.1) is 11.3 Å². The van der Waals surface area contributed by atoms with Crippen molar-refractivity contribution in [1.82, 2.24) is 15.5 Å². The molecule has 176 valence electrons. The molecule has 0 atom stereocenters. The van der Waals surface area contributed by atoms with Crippen LogP contribution in [0.15, 0.2) is 40.9 Å². The predicted octanol–water partition coefficient (Wildman–Crippen LogP) is 5.42. The minimum absolute atomic E-state index is 0.0361. The van der Waals surface area contributed by atoms with E-state index in [-0.39, 0.29) is 11.3 Å². The lowest BCUT2D eigenvalue weighted by atomic mass is 10.1. The van der Waals surface area contributed by atoms with Crippen LogP contribution in [0, 0.1) is 20.8 Å². The zero-order valence-corrected chi connectivity index (χ0v) is 19.1. The largest absolute Gasteiger partial charge is 0.405 e. The first kappa shape index (κ1) is 23.4. The lowest BCUT2D eigenvalue weighted by molar-refractivity contribution is -0.123. The van der Waals surface area contributed by atoms with Gasteiger partial charge in [-0.1, -0.05) is 5.16 Å². The molecule has 3 heterocycles. The average Bonchev–Trinajstić information content (AvgIpc) is 3.32. The number of nitrogens with zero attached hydrogens (tertiary/aromatic N) is 2. The van der Waals surface area contributed by atoms with Crippen molar-refractivity contribution < 1.29 is 27.3 Å². The molecule has 0 spiro atoms. The zero-order valence-electron chi connectivity index (χ0n) is 18.3. The van der Waals surface area contributed by atoms with Gasteiger partial charge >= 0.3 is 6.18 Å². The molecule has 34 heavy (non-hydrogen) atoms. The van der Waals surface area contributed by atoms with Gasteiger partial charge in [0.15, 0.2) is 0 Å². The van der Waals surface area contributed by atoms with Crippen LogP contribution in [0.4, 0.5) is 18.9 Å². The zero-order chi connectivity index (χ0) is 24.6. The van der Waals surface area contributed by atoms with E-state index in [1.165, 1.54) is 24.3 Å². The maximum absolute atomic E-state index is 13.2. The molecule has 1 aromatic carbocycles. The first-order chi connectivity index (χ1) is 16.0. The minimum atomic E-state index is -4.50. The predicted molar refractivity (Wildman–Crippen MR) is 122 cm³/mol. The number of thiophene rings is 1. The minimum Gasteiger partial charge on any atom is -0.343 e. The third kappa shape index (κ3) is 4.93. The number of carbonyl (C=O) groups is 2. The Kier molecular flexibility index (Phi) is 6.13. The molecule has 0 fully saturated rings. The first-order valence-electron chi connectivity index (χ1n) is 10.1. The van der Waals surface area contributed by atoms with Crippen LogP contribution < -0.4 is 10.6 Å². The highest BCUT2D eigenvalue weighted by Gasteiger charge is 2.28. The number of benzene rings is 1. The molecule has 0 bridgehead atoms. The summed E-state index contributed by atoms with van der Waals surface area (Å²) in [5.74, 6) is -1.31. The molecule has 2 N–H and O–H groups in total. The second-order valence-electron chi connectivity index (χ2n) is 7.66. The summed E-state index contributed by atoms with van der Waals surface area (Å²) >= 11 is 1.62. The summed E-state index contributed by atoms with van der Waals surface area (Å²) in [4.78, 5) is 31.7. The van der Waals surface area contributed by atoms with Crippen molar-refractivity contribution in [3.8, 4) is 11.3 Å². The van der Waals surface area contributed by atoms with E-state index in [1.807, 2.05) is 19.9 Å². The third-order valence-electron chi connectivity index (χ3n) is 5.03. The SMILES string of the molecule is Cc1cc(-c2cc(C(=O)Nc3ccc(C(=O)NCC(F)(F)F)cc3)c3c(C)noc3n2)c(C)s1. The second-order valence-corrected chi connectivity index (χ2v) is 9.12. The standard InChI is InChI=1S/C23H19F3N4O3S/c1-11-8-16(13(3)34-11)18-9-17(19-12(2)30-33-22(19)29-18)21(32)28-15-6-4-14(5-7-15)20(31)27-10-23(24,25)26/h4-9H,10H2,1-3H3,(H,27,31)(H,28,32). The van der Waals surface area contributed by atoms with Crippen LogP contribution in [-0.4, -0.2) is 34.7 Å². The number of hydrogen-bond acceptors (Lipinski definition) is 6. The van der Waals surface area contributed by atoms with E-state index in [1.54, 1.807) is 29.6 Å². The van der Waals surface area contributed by atoms with Crippen LogP contribution in [-0.2, 0) is 0 Å². The summed E-state index contributed by atoms with van der Waals surface area (Å²) in [5.41, 5.74) is 2.92. The molecular weight excluding hydrogens is 469 g/mol. The molecule has 0 saturated heterocycles. The summed E-state index contributed by atoms with van der Waals surface area (Å²) in [6.07, 6.45) is -4.50. The highest BCUT2D eigenvalue weighted by atomic mass is 32.1. The third-order valence-corrected chi connectivity index (χ3v) is 6.00. The van der Waals surface area contributed by atoms with Crippen LogP contribution in [0.5, 0.6) is 0 Å². The van der Waals surface area contributed by atoms with Crippen LogP contribution in [0.2, 0.25) is 0 Å². The summed E-state index contributed by atoms with van der Waals surface area (Å²) in [6.45, 7) is 4.24. The summed E-state index contributed by atoms with van der Waals surface area (Å²) in [7, 11) is 0. The van der Waals surface area contributed by atoms with E-state index >= 15 is 0 Å². The number of aromatic nitrogens is 2. The van der Waals surface area contributed by atoms with Gasteiger partial charge in [0, 0.05) is 26.6 Å². The molecule has 7 nitrogen and oxygen atoms in total. The van der Waals surface area contributed by atoms with E-state index in [2.05, 4.69) is 15.5 Å². The molecule has 0 aliphatic carbocycles. The fourth-order valence-electron chi connectivity index (χ4n) is 3.48. The van der Waals surface area contributed by atoms with Crippen molar-refractivity contribution in [1.29, 1.82) is 0 Å². The van der Waals surface area contributed by atoms with E-state index in [9.17, 15) is 22.8 Å². The molecule has 11 heteroatoms. The Labute approximate surface area is 196 Å². The van der Waals surface area contributed by atoms with Gasteiger partial charge in [0.25, 0.3) is 17.5 Å². The van der Waals surface area contributed by atoms with Gasteiger partial charge in [-0.25, -0.2) is 4.98 Å². The van der Waals surface area contributed by atoms with Crippen molar-refractivity contribution in [3.63, 3.8) is 0 Å². The number of anilines is 1. The maximum Gasteiger partial charge on any atom is 0.405 e. The molecular formula is C23H19F3N4O3S. The Morgan fingerprint density at radius 2 is 1.76 bits per heavy atom. The number of pyridine rings is 1. The van der Waals surface area contributed by atoms with Crippen LogP contribution in [0.3, 0.4) is 0 Å². The number of halogens is 3. The number of hydrogen-bond donors (Lipinski definition) is 2. The smallest absolute Gasteiger partial charge is 0.343 e. The lowest BCUT2D eigenvalue weighted by Crippen LogP contribution is -2.33. The number of fused-ring (bicyclic) bond motifs is 1. The highest BCUT2D eigenvalue weighted by Crippen LogP contribution is 2.33. The van der Waals surface area contributed by atoms with E-state index in [0.29, 0.717) is 28.0 Å². The highest BCUT2D eigenvalue weighted by molar-refractivity contribution is 7.12. The Balaban J connectivity index is 1.60. The molecule has 3 aromatic heterocycles. The van der Waals surface area contributed by atoms with Gasteiger partial charge in [0.2, 0.25) is 0 Å². The number of nitrogens with one attached hydrogen (secondary N) is 2. The number of aryl methyl sites for hydroxylation is 3. The van der Waals surface area contributed by atoms with E-state index in [0.717, 1.165) is 15.3 Å². The topological polar surface area (TPSA) is 97.1 Å². The molecule has 0 unspecified atom stereocenters. The van der Waals surface area contributed by atoms with Crippen molar-refractivity contribution in [2.24, 2.45) is 0 Å². The number of carbonyl (C=O) groups excluding carboxylic acids is 2. The Hall–Kier alpha value is -3.73. The molecule has 0 radical (unpaired) electrons. The van der Waals surface area contributed by atoms with Gasteiger partial charge < -0.3 is 15.2 Å². The lowest BCUT2D eigenvalue weighted by Gasteiger charge is -2.10. The summed E-state index contributed by atoms with van der Waals surface area (Å²) < 4.78 is 42.2. The van der Waals surface area contributed by atoms with Gasteiger partial charge in [-0.05, 0) is 57.2 Å². The maximum atomic E-state index is 13.2. The first-order valence-corrected chi connectivity index (χ1v) is 10.9. The van der Waals surface area contributed by atoms with Crippen molar-refractivity contribution in [2.75, 3.05) is 11.9 Å². The van der Waals surface area contributed by atoms with Crippen LogP contribution in [0.1, 0.15) is 36.2 Å². The molecule has 0 saturated carbocycles. The second kappa shape index (κ2) is 8.90. The fourth-order valence-corrected chi connectivity index (χ4v) is 4.42. The van der Waals surface area contributed by atoms with Gasteiger partial charge in [-0.3, -0.25) is 9.59 Å². The van der Waals surface area contributed by atoms with Gasteiger partial charge in [0.05, 0.1) is 22.3 Å². The van der Waals surface area contributed by atoms with Gasteiger partial charge in [0.1, 0.15) is 6.54 Å². The quantitative estimate of drug-likeness (QED) is 0.391. The molecule has 2 amide bonds. The van der Waals surface area contributed by atoms with E-state index < -0.39 is 24.5 Å². The summed E-state index contributed by atoms with van der Waals surface area (Å²) in [5, 5.41) is 8.96. The summed E-state index contributed by atoms with van der Waals surface area (Å²) in [6, 6.07) is 9.20. The number of amides is 2. The Bertz CT molecular complexity index is 1390. The number of alkyl halides is 3. The van der Waals surface area contributed by atoms with Gasteiger partial charge in [-0.2, -0.15) is 13.2 Å². The van der Waals surface area contributed by atoms with Crippen molar-refractivity contribution in [2.45, 2.75) is 26.9 Å². The fraction of sp³-hybridized carbons (Fsp3) is 0.217. The molecule has 0 aliphatic heterocycles.